The van der Waals surface area contributed by atoms with E-state index in [4.69, 9.17) is 5.14 Å². The molecule has 0 aromatic heterocycles. The van der Waals surface area contributed by atoms with Crippen LogP contribution in [0.2, 0.25) is 0 Å². The van der Waals surface area contributed by atoms with Crippen LogP contribution >= 0.6 is 0 Å². The van der Waals surface area contributed by atoms with Crippen molar-refractivity contribution in [1.82, 2.24) is 0 Å². The van der Waals surface area contributed by atoms with Gasteiger partial charge in [0.05, 0.1) is 10.6 Å². The molecule has 0 amide bonds. The van der Waals surface area contributed by atoms with E-state index in [1.54, 1.807) is 0 Å². The monoisotopic (exact) mass is 264 g/mol. The van der Waals surface area contributed by atoms with Crippen LogP contribution in [-0.4, -0.2) is 22.6 Å². The summed E-state index contributed by atoms with van der Waals surface area (Å²) in [5.74, 6) is -0.00500. The highest BCUT2D eigenvalue weighted by molar-refractivity contribution is 7.91. The maximum Gasteiger partial charge on any atom is 0.296 e. The van der Waals surface area contributed by atoms with Crippen molar-refractivity contribution in [2.45, 2.75) is 11.8 Å². The number of sulfone groups is 1. The molecule has 1 rings (SSSR count). The summed E-state index contributed by atoms with van der Waals surface area (Å²) in [5.41, 5.74) is 0.220. The SMILES string of the molecule is CCS(=O)(=O)c1ccc(NS(N)(=O)=O)cc1. The van der Waals surface area contributed by atoms with Crippen molar-refractivity contribution in [3.05, 3.63) is 24.3 Å². The van der Waals surface area contributed by atoms with Crippen molar-refractivity contribution in [2.24, 2.45) is 5.14 Å². The third kappa shape index (κ3) is 3.47. The summed E-state index contributed by atoms with van der Waals surface area (Å²) in [6, 6.07) is 5.33. The van der Waals surface area contributed by atoms with Gasteiger partial charge in [-0.1, -0.05) is 6.92 Å². The molecule has 0 atom stereocenters. The number of nitrogens with two attached hydrogens (primary N) is 1. The minimum atomic E-state index is -3.83. The smallest absolute Gasteiger partial charge is 0.271 e. The number of rotatable bonds is 4. The maximum atomic E-state index is 11.4. The molecule has 0 saturated heterocycles. The summed E-state index contributed by atoms with van der Waals surface area (Å²) in [6.07, 6.45) is 0. The second-order valence-corrected chi connectivity index (χ2v) is 6.65. The minimum Gasteiger partial charge on any atom is -0.271 e. The van der Waals surface area contributed by atoms with Crippen molar-refractivity contribution >= 4 is 25.7 Å². The Labute approximate surface area is 94.6 Å². The number of anilines is 1. The van der Waals surface area contributed by atoms with E-state index in [0.717, 1.165) is 0 Å². The molecule has 0 aliphatic carbocycles. The summed E-state index contributed by atoms with van der Waals surface area (Å²) in [7, 11) is -7.10. The number of benzene rings is 1. The average molecular weight is 264 g/mol. The van der Waals surface area contributed by atoms with Gasteiger partial charge in [-0.3, -0.25) is 4.72 Å². The third-order valence-electron chi connectivity index (χ3n) is 1.85. The van der Waals surface area contributed by atoms with E-state index >= 15 is 0 Å². The second kappa shape index (κ2) is 4.40. The van der Waals surface area contributed by atoms with Crippen LogP contribution < -0.4 is 9.86 Å². The normalized spacial score (nSPS) is 12.4. The lowest BCUT2D eigenvalue weighted by Gasteiger charge is -2.05. The topological polar surface area (TPSA) is 106 Å². The highest BCUT2D eigenvalue weighted by atomic mass is 32.2. The van der Waals surface area contributed by atoms with Crippen molar-refractivity contribution in [3.8, 4) is 0 Å². The zero-order chi connectivity index (χ0) is 12.4. The standard InChI is InChI=1S/C8H12N2O4S2/c1-2-15(11,12)8-5-3-7(4-6-8)10-16(9,13)14/h3-6,10H,2H2,1H3,(H2,9,13,14). The van der Waals surface area contributed by atoms with E-state index in [0.29, 0.717) is 0 Å². The molecule has 0 fully saturated rings. The summed E-state index contributed by atoms with van der Waals surface area (Å²) in [4.78, 5) is 0.148. The third-order valence-corrected chi connectivity index (χ3v) is 4.12. The molecule has 90 valence electrons. The van der Waals surface area contributed by atoms with Crippen LogP contribution in [0.15, 0.2) is 29.2 Å². The molecule has 0 aliphatic rings. The summed E-state index contributed by atoms with van der Waals surface area (Å²) >= 11 is 0. The molecule has 0 heterocycles. The van der Waals surface area contributed by atoms with Gasteiger partial charge in [0.1, 0.15) is 0 Å². The van der Waals surface area contributed by atoms with E-state index in [1.807, 2.05) is 4.72 Å². The Morgan fingerprint density at radius 1 is 1.12 bits per heavy atom. The molecule has 0 saturated carbocycles. The van der Waals surface area contributed by atoms with Crippen LogP contribution in [0.5, 0.6) is 0 Å². The van der Waals surface area contributed by atoms with Crippen LogP contribution in [0.1, 0.15) is 6.92 Å². The number of hydrogen-bond donors (Lipinski definition) is 2. The van der Waals surface area contributed by atoms with E-state index in [9.17, 15) is 16.8 Å². The van der Waals surface area contributed by atoms with Crippen LogP contribution in [0.3, 0.4) is 0 Å². The second-order valence-electron chi connectivity index (χ2n) is 3.07. The molecule has 8 heteroatoms. The minimum absolute atomic E-state index is 0.00500. The molecule has 0 radical (unpaired) electrons. The van der Waals surface area contributed by atoms with E-state index in [-0.39, 0.29) is 16.3 Å². The van der Waals surface area contributed by atoms with Gasteiger partial charge in [-0.25, -0.2) is 13.6 Å². The molecular weight excluding hydrogens is 252 g/mol. The van der Waals surface area contributed by atoms with Gasteiger partial charge in [0.15, 0.2) is 9.84 Å². The van der Waals surface area contributed by atoms with Crippen LogP contribution in [0.25, 0.3) is 0 Å². The highest BCUT2D eigenvalue weighted by Gasteiger charge is 2.11. The fourth-order valence-electron chi connectivity index (χ4n) is 1.06. The molecule has 0 unspecified atom stereocenters. The fourth-order valence-corrected chi connectivity index (χ4v) is 2.41. The lowest BCUT2D eigenvalue weighted by Crippen LogP contribution is -2.21. The maximum absolute atomic E-state index is 11.4. The lowest BCUT2D eigenvalue weighted by molar-refractivity contribution is 0.597. The summed E-state index contributed by atoms with van der Waals surface area (Å²) in [6.45, 7) is 1.53. The quantitative estimate of drug-likeness (QED) is 0.804. The van der Waals surface area contributed by atoms with Crippen LogP contribution in [0, 0.1) is 0 Å². The molecule has 6 nitrogen and oxygen atoms in total. The number of nitrogens with one attached hydrogen (secondary N) is 1. The Hall–Kier alpha value is -1.12. The molecule has 16 heavy (non-hydrogen) atoms. The largest absolute Gasteiger partial charge is 0.296 e. The zero-order valence-electron chi connectivity index (χ0n) is 8.54. The zero-order valence-corrected chi connectivity index (χ0v) is 10.2. The van der Waals surface area contributed by atoms with Gasteiger partial charge >= 0.3 is 0 Å². The fraction of sp³-hybridized carbons (Fsp3) is 0.250. The molecule has 1 aromatic carbocycles. The van der Waals surface area contributed by atoms with Gasteiger partial charge < -0.3 is 0 Å². The average Bonchev–Trinajstić information content (AvgIpc) is 2.16. The Morgan fingerprint density at radius 2 is 1.62 bits per heavy atom. The van der Waals surface area contributed by atoms with Gasteiger partial charge in [-0.05, 0) is 24.3 Å². The van der Waals surface area contributed by atoms with E-state index < -0.39 is 20.0 Å². The van der Waals surface area contributed by atoms with Gasteiger partial charge in [0.25, 0.3) is 10.2 Å². The van der Waals surface area contributed by atoms with E-state index in [2.05, 4.69) is 0 Å². The Balaban J connectivity index is 3.01. The van der Waals surface area contributed by atoms with Crippen LogP contribution in [-0.2, 0) is 20.0 Å². The Morgan fingerprint density at radius 3 is 2.00 bits per heavy atom. The van der Waals surface area contributed by atoms with Gasteiger partial charge in [-0.15, -0.1) is 0 Å². The summed E-state index contributed by atoms with van der Waals surface area (Å²) in [5, 5.41) is 4.76. The van der Waals surface area contributed by atoms with Crippen molar-refractivity contribution in [2.75, 3.05) is 10.5 Å². The van der Waals surface area contributed by atoms with Gasteiger partial charge in [0, 0.05) is 5.69 Å². The van der Waals surface area contributed by atoms with Crippen molar-refractivity contribution in [3.63, 3.8) is 0 Å². The molecule has 1 aromatic rings. The lowest BCUT2D eigenvalue weighted by atomic mass is 10.3. The number of hydrogen-bond acceptors (Lipinski definition) is 4. The first kappa shape index (κ1) is 12.9. The Bertz CT molecular complexity index is 561. The van der Waals surface area contributed by atoms with Crippen molar-refractivity contribution < 1.29 is 16.8 Å². The predicted molar refractivity (Wildman–Crippen MR) is 60.9 cm³/mol. The molecule has 0 spiro atoms. The van der Waals surface area contributed by atoms with Crippen molar-refractivity contribution in [1.29, 1.82) is 0 Å². The predicted octanol–water partition coefficient (Wildman–Crippen LogP) is 0.0956. The van der Waals surface area contributed by atoms with E-state index in [1.165, 1.54) is 31.2 Å². The highest BCUT2D eigenvalue weighted by Crippen LogP contribution is 2.15. The first-order valence-corrected chi connectivity index (χ1v) is 7.58. The van der Waals surface area contributed by atoms with Gasteiger partial charge in [0.2, 0.25) is 0 Å². The molecule has 0 aliphatic heterocycles. The van der Waals surface area contributed by atoms with Crippen LogP contribution in [0.4, 0.5) is 5.69 Å². The molecule has 3 N–H and O–H groups in total. The van der Waals surface area contributed by atoms with Gasteiger partial charge in [-0.2, -0.15) is 8.42 Å². The molecule has 0 bridgehead atoms. The first-order valence-electron chi connectivity index (χ1n) is 4.38. The Kier molecular flexibility index (Phi) is 3.56. The molecular formula is C8H12N2O4S2. The first-order chi connectivity index (χ1) is 7.24. The summed E-state index contributed by atoms with van der Waals surface area (Å²) < 4.78 is 46.3.